The van der Waals surface area contributed by atoms with Crippen LogP contribution in [-0.2, 0) is 6.54 Å². The Morgan fingerprint density at radius 1 is 1.38 bits per heavy atom. The molecule has 120 valence electrons. The first kappa shape index (κ1) is 16.7. The lowest BCUT2D eigenvalue weighted by Crippen LogP contribution is -2.45. The molecule has 1 fully saturated rings. The van der Waals surface area contributed by atoms with Crippen molar-refractivity contribution in [1.29, 1.82) is 0 Å². The standard InChI is InChI=1S/C16H30N4S/c1-12-14(10-17-16(2,3)4)21-15(18-12)20-9-7-8-13(11-20)19(5)6/h13,17H,7-11H2,1-6H3. The minimum absolute atomic E-state index is 0.151. The molecule has 0 bridgehead atoms. The van der Waals surface area contributed by atoms with Gasteiger partial charge in [0, 0.05) is 36.1 Å². The molecule has 1 unspecified atom stereocenters. The highest BCUT2D eigenvalue weighted by atomic mass is 32.1. The first-order chi connectivity index (χ1) is 9.76. The molecule has 5 heteroatoms. The first-order valence-corrected chi connectivity index (χ1v) is 8.70. The van der Waals surface area contributed by atoms with Gasteiger partial charge in [0.15, 0.2) is 5.13 Å². The van der Waals surface area contributed by atoms with Gasteiger partial charge in [-0.15, -0.1) is 11.3 Å². The molecule has 0 aromatic carbocycles. The van der Waals surface area contributed by atoms with Gasteiger partial charge in [0.25, 0.3) is 0 Å². The molecular formula is C16H30N4S. The number of anilines is 1. The van der Waals surface area contributed by atoms with Crippen LogP contribution < -0.4 is 10.2 Å². The van der Waals surface area contributed by atoms with Gasteiger partial charge in [0.2, 0.25) is 0 Å². The number of hydrogen-bond donors (Lipinski definition) is 1. The van der Waals surface area contributed by atoms with Crippen LogP contribution in [0.1, 0.15) is 44.2 Å². The molecule has 21 heavy (non-hydrogen) atoms. The van der Waals surface area contributed by atoms with E-state index in [1.54, 1.807) is 0 Å². The van der Waals surface area contributed by atoms with Crippen molar-refractivity contribution >= 4 is 16.5 Å². The van der Waals surface area contributed by atoms with E-state index in [1.807, 2.05) is 11.3 Å². The van der Waals surface area contributed by atoms with Gasteiger partial charge >= 0.3 is 0 Å². The molecule has 1 saturated heterocycles. The Morgan fingerprint density at radius 3 is 2.71 bits per heavy atom. The smallest absolute Gasteiger partial charge is 0.185 e. The van der Waals surface area contributed by atoms with Crippen molar-refractivity contribution in [1.82, 2.24) is 15.2 Å². The second-order valence-corrected chi connectivity index (χ2v) is 8.38. The van der Waals surface area contributed by atoms with Crippen LogP contribution in [0.5, 0.6) is 0 Å². The van der Waals surface area contributed by atoms with E-state index in [2.05, 4.69) is 56.9 Å². The zero-order valence-electron chi connectivity index (χ0n) is 14.4. The molecule has 2 rings (SSSR count). The van der Waals surface area contributed by atoms with Gasteiger partial charge < -0.3 is 15.1 Å². The predicted molar refractivity (Wildman–Crippen MR) is 92.4 cm³/mol. The van der Waals surface area contributed by atoms with Gasteiger partial charge in [-0.3, -0.25) is 0 Å². The van der Waals surface area contributed by atoms with E-state index in [4.69, 9.17) is 4.98 Å². The highest BCUT2D eigenvalue weighted by Crippen LogP contribution is 2.29. The fourth-order valence-corrected chi connectivity index (χ4v) is 3.64. The van der Waals surface area contributed by atoms with Crippen molar-refractivity contribution in [2.75, 3.05) is 32.1 Å². The van der Waals surface area contributed by atoms with Crippen molar-refractivity contribution in [3.63, 3.8) is 0 Å². The van der Waals surface area contributed by atoms with E-state index in [0.717, 1.165) is 19.6 Å². The summed E-state index contributed by atoms with van der Waals surface area (Å²) in [6, 6.07) is 0.652. The Morgan fingerprint density at radius 2 is 2.10 bits per heavy atom. The third-order valence-electron chi connectivity index (χ3n) is 4.06. The summed E-state index contributed by atoms with van der Waals surface area (Å²) >= 11 is 1.85. The van der Waals surface area contributed by atoms with E-state index in [0.29, 0.717) is 6.04 Å². The molecule has 1 aromatic rings. The Balaban J connectivity index is 2.04. The maximum atomic E-state index is 4.81. The van der Waals surface area contributed by atoms with Crippen molar-refractivity contribution in [3.05, 3.63) is 10.6 Å². The number of aromatic nitrogens is 1. The molecule has 0 aliphatic carbocycles. The Labute approximate surface area is 133 Å². The number of nitrogens with zero attached hydrogens (tertiary/aromatic N) is 3. The number of thiazole rings is 1. The monoisotopic (exact) mass is 310 g/mol. The summed E-state index contributed by atoms with van der Waals surface area (Å²) in [5.74, 6) is 0. The molecule has 2 heterocycles. The summed E-state index contributed by atoms with van der Waals surface area (Å²) in [7, 11) is 4.36. The highest BCUT2D eigenvalue weighted by molar-refractivity contribution is 7.15. The van der Waals surface area contributed by atoms with Crippen LogP contribution in [0.25, 0.3) is 0 Å². The normalized spacial score (nSPS) is 20.3. The molecule has 0 amide bonds. The van der Waals surface area contributed by atoms with E-state index in [9.17, 15) is 0 Å². The number of likely N-dealkylation sites (N-methyl/N-ethyl adjacent to an activating group) is 1. The zero-order valence-corrected chi connectivity index (χ0v) is 15.2. The minimum atomic E-state index is 0.151. The van der Waals surface area contributed by atoms with Crippen LogP contribution in [0.4, 0.5) is 5.13 Å². The number of hydrogen-bond acceptors (Lipinski definition) is 5. The molecular weight excluding hydrogens is 280 g/mol. The Bertz CT molecular complexity index is 461. The van der Waals surface area contributed by atoms with Gasteiger partial charge in [-0.2, -0.15) is 0 Å². The van der Waals surface area contributed by atoms with Gasteiger partial charge in [0.1, 0.15) is 0 Å². The highest BCUT2D eigenvalue weighted by Gasteiger charge is 2.24. The lowest BCUT2D eigenvalue weighted by atomic mass is 10.1. The quantitative estimate of drug-likeness (QED) is 0.926. The molecule has 4 nitrogen and oxygen atoms in total. The van der Waals surface area contributed by atoms with E-state index in [1.165, 1.54) is 28.5 Å². The third kappa shape index (κ3) is 4.66. The van der Waals surface area contributed by atoms with Gasteiger partial charge in [-0.1, -0.05) is 0 Å². The SMILES string of the molecule is Cc1nc(N2CCCC(N(C)C)C2)sc1CNC(C)(C)C. The van der Waals surface area contributed by atoms with Crippen molar-refractivity contribution in [2.45, 2.75) is 58.7 Å². The summed E-state index contributed by atoms with van der Waals surface area (Å²) in [6.07, 6.45) is 2.56. The predicted octanol–water partition coefficient (Wildman–Crippen LogP) is 2.87. The molecule has 1 aliphatic heterocycles. The summed E-state index contributed by atoms with van der Waals surface area (Å²) in [5, 5.41) is 4.76. The van der Waals surface area contributed by atoms with Crippen molar-refractivity contribution in [3.8, 4) is 0 Å². The van der Waals surface area contributed by atoms with Crippen LogP contribution in [-0.4, -0.2) is 48.6 Å². The fraction of sp³-hybridized carbons (Fsp3) is 0.812. The van der Waals surface area contributed by atoms with E-state index in [-0.39, 0.29) is 5.54 Å². The van der Waals surface area contributed by atoms with Crippen molar-refractivity contribution < 1.29 is 0 Å². The average molecular weight is 311 g/mol. The van der Waals surface area contributed by atoms with Gasteiger partial charge in [-0.25, -0.2) is 4.98 Å². The molecule has 0 spiro atoms. The fourth-order valence-electron chi connectivity index (χ4n) is 2.61. The molecule has 1 aromatic heterocycles. The largest absolute Gasteiger partial charge is 0.347 e. The minimum Gasteiger partial charge on any atom is -0.347 e. The molecule has 1 aliphatic rings. The van der Waals surface area contributed by atoms with Crippen LogP contribution in [0.15, 0.2) is 0 Å². The van der Waals surface area contributed by atoms with Crippen LogP contribution in [0.2, 0.25) is 0 Å². The average Bonchev–Trinajstić information content (AvgIpc) is 2.77. The summed E-state index contributed by atoms with van der Waals surface area (Å²) in [6.45, 7) is 11.9. The second-order valence-electron chi connectivity index (χ2n) is 7.31. The van der Waals surface area contributed by atoms with Crippen LogP contribution in [0.3, 0.4) is 0 Å². The Kier molecular flexibility index (Phi) is 5.28. The molecule has 1 N–H and O–H groups in total. The van der Waals surface area contributed by atoms with Gasteiger partial charge in [-0.05, 0) is 54.6 Å². The van der Waals surface area contributed by atoms with Gasteiger partial charge in [0.05, 0.1) is 5.69 Å². The maximum absolute atomic E-state index is 4.81. The van der Waals surface area contributed by atoms with Crippen LogP contribution >= 0.6 is 11.3 Å². The number of rotatable bonds is 4. The maximum Gasteiger partial charge on any atom is 0.185 e. The summed E-state index contributed by atoms with van der Waals surface area (Å²) < 4.78 is 0. The zero-order chi connectivity index (χ0) is 15.6. The van der Waals surface area contributed by atoms with Crippen molar-refractivity contribution in [2.24, 2.45) is 0 Å². The Hall–Kier alpha value is -0.650. The van der Waals surface area contributed by atoms with Crippen LogP contribution in [0, 0.1) is 6.92 Å². The second kappa shape index (κ2) is 6.63. The number of nitrogens with one attached hydrogen (secondary N) is 1. The third-order valence-corrected chi connectivity index (χ3v) is 5.28. The first-order valence-electron chi connectivity index (χ1n) is 7.89. The molecule has 1 atom stereocenters. The van der Waals surface area contributed by atoms with E-state index < -0.39 is 0 Å². The topological polar surface area (TPSA) is 31.4 Å². The number of piperidine rings is 1. The molecule has 0 radical (unpaired) electrons. The lowest BCUT2D eigenvalue weighted by Gasteiger charge is -2.35. The molecule has 0 saturated carbocycles. The summed E-state index contributed by atoms with van der Waals surface area (Å²) in [5.41, 5.74) is 1.33. The summed E-state index contributed by atoms with van der Waals surface area (Å²) in [4.78, 5) is 11.0. The number of aryl methyl sites for hydroxylation is 1. The van der Waals surface area contributed by atoms with E-state index >= 15 is 0 Å². The lowest BCUT2D eigenvalue weighted by molar-refractivity contribution is 0.258.